The first-order chi connectivity index (χ1) is 11.5. The van der Waals surface area contributed by atoms with Gasteiger partial charge in [0.2, 0.25) is 4.77 Å². The average molecular weight is 407 g/mol. The molecule has 0 unspecified atom stereocenters. The fourth-order valence-corrected chi connectivity index (χ4v) is 2.93. The van der Waals surface area contributed by atoms with E-state index in [-0.39, 0.29) is 16.3 Å². The maximum atomic E-state index is 13.1. The maximum absolute atomic E-state index is 13.1. The quantitative estimate of drug-likeness (QED) is 0.500. The number of aromatic nitrogens is 3. The van der Waals surface area contributed by atoms with Gasteiger partial charge in [0.25, 0.3) is 0 Å². The van der Waals surface area contributed by atoms with Crippen LogP contribution in [0.4, 0.5) is 4.39 Å². The van der Waals surface area contributed by atoms with E-state index in [0.29, 0.717) is 21.4 Å². The molecular weight excluding hydrogens is 395 g/mol. The van der Waals surface area contributed by atoms with Crippen molar-refractivity contribution >= 4 is 34.4 Å². The van der Waals surface area contributed by atoms with Crippen LogP contribution in [0.1, 0.15) is 11.1 Å². The van der Waals surface area contributed by atoms with Gasteiger partial charge in [-0.15, -0.1) is 0 Å². The predicted molar refractivity (Wildman–Crippen MR) is 96.3 cm³/mol. The van der Waals surface area contributed by atoms with Crippen LogP contribution in [0, 0.1) is 17.5 Å². The molecule has 122 valence electrons. The summed E-state index contributed by atoms with van der Waals surface area (Å²) >= 11 is 8.48. The lowest BCUT2D eigenvalue weighted by atomic mass is 10.1. The van der Waals surface area contributed by atoms with Gasteiger partial charge >= 0.3 is 0 Å². The van der Waals surface area contributed by atoms with Crippen LogP contribution >= 0.6 is 28.1 Å². The summed E-state index contributed by atoms with van der Waals surface area (Å²) in [7, 11) is 0. The number of aryl methyl sites for hydroxylation is 1. The third kappa shape index (κ3) is 3.29. The van der Waals surface area contributed by atoms with Crippen LogP contribution in [0.3, 0.4) is 0 Å². The number of hydrogen-bond donors (Lipinski definition) is 2. The van der Waals surface area contributed by atoms with E-state index in [1.54, 1.807) is 24.3 Å². The zero-order chi connectivity index (χ0) is 17.3. The van der Waals surface area contributed by atoms with Crippen molar-refractivity contribution in [1.29, 1.82) is 0 Å². The van der Waals surface area contributed by atoms with Gasteiger partial charge in [-0.05, 0) is 77.0 Å². The molecule has 1 aromatic heterocycles. The van der Waals surface area contributed by atoms with Gasteiger partial charge in [-0.2, -0.15) is 14.9 Å². The Morgan fingerprint density at radius 1 is 1.33 bits per heavy atom. The van der Waals surface area contributed by atoms with Crippen molar-refractivity contribution in [2.24, 2.45) is 5.10 Å². The van der Waals surface area contributed by atoms with Crippen LogP contribution in [0.25, 0.3) is 11.4 Å². The van der Waals surface area contributed by atoms with Gasteiger partial charge in [0, 0.05) is 11.1 Å². The molecule has 0 atom stereocenters. The van der Waals surface area contributed by atoms with Crippen LogP contribution in [0.5, 0.6) is 5.75 Å². The molecule has 0 saturated carbocycles. The van der Waals surface area contributed by atoms with Crippen LogP contribution in [-0.2, 0) is 0 Å². The highest BCUT2D eigenvalue weighted by molar-refractivity contribution is 9.10. The molecule has 0 aliphatic carbocycles. The lowest BCUT2D eigenvalue weighted by molar-refractivity contribution is 0.471. The smallest absolute Gasteiger partial charge is 0.216 e. The van der Waals surface area contributed by atoms with Gasteiger partial charge in [0.15, 0.2) is 5.82 Å². The summed E-state index contributed by atoms with van der Waals surface area (Å²) in [5, 5.41) is 21.2. The van der Waals surface area contributed by atoms with Gasteiger partial charge in [-0.3, -0.25) is 0 Å². The molecule has 0 amide bonds. The van der Waals surface area contributed by atoms with E-state index in [2.05, 4.69) is 31.2 Å². The molecule has 2 N–H and O–H groups in total. The molecule has 0 spiro atoms. The normalized spacial score (nSPS) is 11.3. The molecule has 0 aliphatic rings. The topological polar surface area (TPSA) is 66.2 Å². The van der Waals surface area contributed by atoms with Crippen LogP contribution in [0.15, 0.2) is 46.0 Å². The Balaban J connectivity index is 2.04. The summed E-state index contributed by atoms with van der Waals surface area (Å²) < 4.78 is 15.4. The lowest BCUT2D eigenvalue weighted by Gasteiger charge is -2.04. The van der Waals surface area contributed by atoms with Crippen molar-refractivity contribution in [2.45, 2.75) is 6.92 Å². The molecule has 0 radical (unpaired) electrons. The molecule has 0 bridgehead atoms. The number of nitrogens with one attached hydrogen (secondary N) is 1. The standard InChI is InChI=1S/C16H12BrFN4OS/c1-9-6-11(14(23)13(17)7-9)8-19-22-15(20-21-16(22)24)10-2-4-12(18)5-3-10/h2-8,23H,1H3,(H,21,24)/b19-8+. The molecule has 5 nitrogen and oxygen atoms in total. The average Bonchev–Trinajstić information content (AvgIpc) is 2.91. The van der Waals surface area contributed by atoms with E-state index in [1.165, 1.54) is 23.0 Å². The third-order valence-corrected chi connectivity index (χ3v) is 4.17. The summed E-state index contributed by atoms with van der Waals surface area (Å²) in [5.74, 6) is 0.197. The maximum Gasteiger partial charge on any atom is 0.216 e. The summed E-state index contributed by atoms with van der Waals surface area (Å²) in [6.45, 7) is 1.91. The van der Waals surface area contributed by atoms with E-state index in [1.807, 2.05) is 6.92 Å². The summed E-state index contributed by atoms with van der Waals surface area (Å²) in [5.41, 5.74) is 2.17. The Kier molecular flexibility index (Phi) is 4.59. The highest BCUT2D eigenvalue weighted by Gasteiger charge is 2.09. The number of hydrogen-bond acceptors (Lipinski definition) is 4. The Labute approximate surface area is 150 Å². The largest absolute Gasteiger partial charge is 0.506 e. The van der Waals surface area contributed by atoms with E-state index in [9.17, 15) is 9.50 Å². The number of benzene rings is 2. The van der Waals surface area contributed by atoms with E-state index in [0.717, 1.165) is 5.56 Å². The highest BCUT2D eigenvalue weighted by Crippen LogP contribution is 2.28. The number of phenols is 1. The minimum atomic E-state index is -0.336. The van der Waals surface area contributed by atoms with Crippen molar-refractivity contribution in [3.63, 3.8) is 0 Å². The van der Waals surface area contributed by atoms with Crippen molar-refractivity contribution < 1.29 is 9.50 Å². The number of nitrogens with zero attached hydrogens (tertiary/aromatic N) is 3. The SMILES string of the molecule is Cc1cc(Br)c(O)c(/C=N/n2c(-c3ccc(F)cc3)n[nH]c2=S)c1. The fourth-order valence-electron chi connectivity index (χ4n) is 2.16. The first kappa shape index (κ1) is 16.5. The van der Waals surface area contributed by atoms with Crippen molar-refractivity contribution in [2.75, 3.05) is 0 Å². The fraction of sp³-hybridized carbons (Fsp3) is 0.0625. The number of phenolic OH excluding ortho intramolecular Hbond substituents is 1. The second-order valence-corrected chi connectivity index (χ2v) is 6.34. The zero-order valence-electron chi connectivity index (χ0n) is 12.5. The molecule has 0 saturated heterocycles. The van der Waals surface area contributed by atoms with Crippen molar-refractivity contribution in [3.05, 3.63) is 62.6 Å². The molecule has 0 fully saturated rings. The van der Waals surface area contributed by atoms with Gasteiger partial charge in [0.05, 0.1) is 10.7 Å². The van der Waals surface area contributed by atoms with Crippen LogP contribution in [-0.4, -0.2) is 26.2 Å². The van der Waals surface area contributed by atoms with Gasteiger partial charge in [-0.1, -0.05) is 0 Å². The van der Waals surface area contributed by atoms with Gasteiger partial charge in [-0.25, -0.2) is 9.49 Å². The van der Waals surface area contributed by atoms with Gasteiger partial charge < -0.3 is 5.11 Å². The summed E-state index contributed by atoms with van der Waals surface area (Å²) in [4.78, 5) is 0. The Bertz CT molecular complexity index is 979. The molecule has 3 rings (SSSR count). The Morgan fingerprint density at radius 3 is 2.75 bits per heavy atom. The van der Waals surface area contributed by atoms with E-state index < -0.39 is 0 Å². The molecule has 0 aliphatic heterocycles. The van der Waals surface area contributed by atoms with Gasteiger partial charge in [0.1, 0.15) is 11.6 Å². The molecule has 1 heterocycles. The monoisotopic (exact) mass is 406 g/mol. The predicted octanol–water partition coefficient (Wildman–Crippen LogP) is 4.41. The highest BCUT2D eigenvalue weighted by atomic mass is 79.9. The van der Waals surface area contributed by atoms with E-state index in [4.69, 9.17) is 12.2 Å². The number of rotatable bonds is 3. The van der Waals surface area contributed by atoms with Crippen LogP contribution < -0.4 is 0 Å². The first-order valence-corrected chi connectivity index (χ1v) is 8.12. The number of halogens is 2. The number of H-pyrrole nitrogens is 1. The zero-order valence-corrected chi connectivity index (χ0v) is 14.9. The third-order valence-electron chi connectivity index (χ3n) is 3.30. The van der Waals surface area contributed by atoms with Crippen LogP contribution in [0.2, 0.25) is 0 Å². The molecular formula is C16H12BrFN4OS. The minimum absolute atomic E-state index is 0.0858. The molecule has 8 heteroatoms. The number of aromatic hydroxyl groups is 1. The second-order valence-electron chi connectivity index (χ2n) is 5.10. The second kappa shape index (κ2) is 6.66. The summed E-state index contributed by atoms with van der Waals surface area (Å²) in [6.07, 6.45) is 1.49. The molecule has 3 aromatic rings. The molecule has 24 heavy (non-hydrogen) atoms. The first-order valence-electron chi connectivity index (χ1n) is 6.92. The van der Waals surface area contributed by atoms with Crippen molar-refractivity contribution in [1.82, 2.24) is 14.9 Å². The van der Waals surface area contributed by atoms with E-state index >= 15 is 0 Å². The number of aromatic amines is 1. The van der Waals surface area contributed by atoms with Crippen molar-refractivity contribution in [3.8, 4) is 17.1 Å². The lowest BCUT2D eigenvalue weighted by Crippen LogP contribution is -1.96. The Morgan fingerprint density at radius 2 is 2.04 bits per heavy atom. The summed E-state index contributed by atoms with van der Waals surface area (Å²) in [6, 6.07) is 9.46. The Hall–Kier alpha value is -2.32. The molecule has 2 aromatic carbocycles. The minimum Gasteiger partial charge on any atom is -0.506 e.